The van der Waals surface area contributed by atoms with E-state index in [1.165, 1.54) is 4.90 Å². The molecule has 1 aromatic heterocycles. The van der Waals surface area contributed by atoms with E-state index >= 15 is 0 Å². The maximum Gasteiger partial charge on any atom is 0.247 e. The number of amides is 2. The van der Waals surface area contributed by atoms with Crippen LogP contribution >= 0.6 is 11.8 Å². The van der Waals surface area contributed by atoms with Crippen molar-refractivity contribution in [3.8, 4) is 23.1 Å². The number of carbonyl (C=O) groups excluding carboxylic acids is 2. The molecule has 4 rings (SSSR count). The van der Waals surface area contributed by atoms with E-state index in [1.807, 2.05) is 30.3 Å². The lowest BCUT2D eigenvalue weighted by molar-refractivity contribution is -0.121. The van der Waals surface area contributed by atoms with Crippen LogP contribution in [0.1, 0.15) is 12.0 Å². The van der Waals surface area contributed by atoms with Crippen molar-refractivity contribution in [1.82, 2.24) is 4.98 Å². The average molecular weight is 415 g/mol. The topological polar surface area (TPSA) is 83.3 Å². The molecule has 0 spiro atoms. The van der Waals surface area contributed by atoms with Gasteiger partial charge in [-0.2, -0.15) is 5.26 Å². The molecule has 0 aliphatic carbocycles. The van der Waals surface area contributed by atoms with Crippen LogP contribution in [0.15, 0.2) is 71.8 Å². The monoisotopic (exact) mass is 415 g/mol. The largest absolute Gasteiger partial charge is 0.497 e. The van der Waals surface area contributed by atoms with Crippen LogP contribution < -0.4 is 9.64 Å². The fourth-order valence-electron chi connectivity index (χ4n) is 3.22. The SMILES string of the molecule is COc1ccc(N2C(=O)C[C@@H](Sc3nc(-c4ccccc4)ccc3C#N)C2=O)cc1. The highest BCUT2D eigenvalue weighted by Crippen LogP contribution is 2.35. The number of pyridine rings is 1. The highest BCUT2D eigenvalue weighted by molar-refractivity contribution is 8.00. The molecule has 2 heterocycles. The van der Waals surface area contributed by atoms with E-state index in [4.69, 9.17) is 4.74 Å². The zero-order valence-corrected chi connectivity index (χ0v) is 16.9. The predicted molar refractivity (Wildman–Crippen MR) is 114 cm³/mol. The predicted octanol–water partition coefficient (Wildman–Crippen LogP) is 4.05. The minimum absolute atomic E-state index is 0.0532. The van der Waals surface area contributed by atoms with E-state index < -0.39 is 5.25 Å². The van der Waals surface area contributed by atoms with Gasteiger partial charge in [-0.3, -0.25) is 9.59 Å². The molecule has 3 aromatic rings. The molecule has 2 amide bonds. The second kappa shape index (κ2) is 8.39. The van der Waals surface area contributed by atoms with Crippen LogP contribution in [0.3, 0.4) is 0 Å². The summed E-state index contributed by atoms with van der Waals surface area (Å²) in [6.45, 7) is 0. The summed E-state index contributed by atoms with van der Waals surface area (Å²) in [5.74, 6) is 0.0516. The summed E-state index contributed by atoms with van der Waals surface area (Å²) < 4.78 is 5.13. The van der Waals surface area contributed by atoms with Gasteiger partial charge in [0.15, 0.2) is 0 Å². The maximum atomic E-state index is 13.0. The molecule has 1 atom stereocenters. The first-order chi connectivity index (χ1) is 14.6. The van der Waals surface area contributed by atoms with Gasteiger partial charge in [0.05, 0.1) is 29.3 Å². The van der Waals surface area contributed by atoms with Gasteiger partial charge in [0, 0.05) is 12.0 Å². The van der Waals surface area contributed by atoms with Gasteiger partial charge in [-0.05, 0) is 36.4 Å². The number of rotatable bonds is 5. The molecule has 0 saturated carbocycles. The zero-order valence-electron chi connectivity index (χ0n) is 16.1. The van der Waals surface area contributed by atoms with Crippen LogP contribution in [0.4, 0.5) is 5.69 Å². The number of ether oxygens (including phenoxy) is 1. The van der Waals surface area contributed by atoms with Gasteiger partial charge in [-0.1, -0.05) is 42.1 Å². The van der Waals surface area contributed by atoms with Crippen LogP contribution in [-0.2, 0) is 9.59 Å². The summed E-state index contributed by atoms with van der Waals surface area (Å²) in [5, 5.41) is 9.29. The fraction of sp³-hybridized carbons (Fsp3) is 0.130. The molecule has 1 aliphatic heterocycles. The van der Waals surface area contributed by atoms with E-state index in [0.29, 0.717) is 27.7 Å². The van der Waals surface area contributed by atoms with Gasteiger partial charge >= 0.3 is 0 Å². The first-order valence-corrected chi connectivity index (χ1v) is 10.1. The molecule has 0 N–H and O–H groups in total. The van der Waals surface area contributed by atoms with Crippen molar-refractivity contribution in [2.45, 2.75) is 16.7 Å². The van der Waals surface area contributed by atoms with Crippen LogP contribution in [0, 0.1) is 11.3 Å². The molecule has 0 unspecified atom stereocenters. The zero-order chi connectivity index (χ0) is 21.1. The third-order valence-corrected chi connectivity index (χ3v) is 5.93. The Morgan fingerprint density at radius 3 is 2.47 bits per heavy atom. The summed E-state index contributed by atoms with van der Waals surface area (Å²) in [4.78, 5) is 31.3. The average Bonchev–Trinajstić information content (AvgIpc) is 3.07. The lowest BCUT2D eigenvalue weighted by Gasteiger charge is -2.15. The second-order valence-corrected chi connectivity index (χ2v) is 7.79. The third-order valence-electron chi connectivity index (χ3n) is 4.74. The van der Waals surface area contributed by atoms with Gasteiger partial charge < -0.3 is 4.74 Å². The molecule has 1 saturated heterocycles. The lowest BCUT2D eigenvalue weighted by atomic mass is 10.1. The Morgan fingerprint density at radius 1 is 1.07 bits per heavy atom. The van der Waals surface area contributed by atoms with E-state index in [-0.39, 0.29) is 18.2 Å². The number of hydrogen-bond acceptors (Lipinski definition) is 6. The Labute approximate surface area is 178 Å². The van der Waals surface area contributed by atoms with E-state index in [2.05, 4.69) is 11.1 Å². The molecule has 1 aliphatic rings. The summed E-state index contributed by atoms with van der Waals surface area (Å²) in [6.07, 6.45) is 0.0532. The summed E-state index contributed by atoms with van der Waals surface area (Å²) in [7, 11) is 1.55. The Morgan fingerprint density at radius 2 is 1.80 bits per heavy atom. The lowest BCUT2D eigenvalue weighted by Crippen LogP contribution is -2.31. The highest BCUT2D eigenvalue weighted by Gasteiger charge is 2.40. The first-order valence-electron chi connectivity index (χ1n) is 9.25. The Hall–Kier alpha value is -3.63. The Bertz CT molecular complexity index is 1140. The van der Waals surface area contributed by atoms with Crippen LogP contribution in [0.2, 0.25) is 0 Å². The molecule has 1 fully saturated rings. The van der Waals surface area contributed by atoms with Crippen LogP contribution in [-0.4, -0.2) is 29.2 Å². The van der Waals surface area contributed by atoms with E-state index in [1.54, 1.807) is 43.5 Å². The number of anilines is 1. The third kappa shape index (κ3) is 3.78. The minimum atomic E-state index is -0.634. The van der Waals surface area contributed by atoms with Gasteiger partial charge in [0.1, 0.15) is 16.8 Å². The number of carbonyl (C=O) groups is 2. The van der Waals surface area contributed by atoms with E-state index in [9.17, 15) is 14.9 Å². The molecular formula is C23H17N3O3S. The van der Waals surface area contributed by atoms with Crippen molar-refractivity contribution >= 4 is 29.3 Å². The number of aromatic nitrogens is 1. The van der Waals surface area contributed by atoms with Crippen molar-refractivity contribution in [3.05, 3.63) is 72.3 Å². The number of imide groups is 1. The van der Waals surface area contributed by atoms with E-state index in [0.717, 1.165) is 17.3 Å². The van der Waals surface area contributed by atoms with Crippen LogP contribution in [0.25, 0.3) is 11.3 Å². The molecule has 148 valence electrons. The van der Waals surface area contributed by atoms with Gasteiger partial charge in [-0.15, -0.1) is 0 Å². The quantitative estimate of drug-likeness (QED) is 0.585. The number of nitrogens with zero attached hydrogens (tertiary/aromatic N) is 3. The number of methoxy groups -OCH3 is 1. The van der Waals surface area contributed by atoms with Crippen molar-refractivity contribution in [2.24, 2.45) is 0 Å². The molecule has 6 nitrogen and oxygen atoms in total. The number of hydrogen-bond donors (Lipinski definition) is 0. The Kier molecular flexibility index (Phi) is 5.50. The highest BCUT2D eigenvalue weighted by atomic mass is 32.2. The fourth-order valence-corrected chi connectivity index (χ4v) is 4.31. The van der Waals surface area contributed by atoms with Crippen molar-refractivity contribution < 1.29 is 14.3 Å². The summed E-state index contributed by atoms with van der Waals surface area (Å²) in [5.41, 5.74) is 2.50. The van der Waals surface area contributed by atoms with Crippen molar-refractivity contribution in [1.29, 1.82) is 5.26 Å². The molecule has 30 heavy (non-hydrogen) atoms. The standard InChI is InChI=1S/C23H17N3O3S/c1-29-18-10-8-17(9-11-18)26-21(27)13-20(23(26)28)30-22-16(14-24)7-12-19(25-22)15-5-3-2-4-6-15/h2-12,20H,13H2,1H3/t20-/m1/s1. The Balaban J connectivity index is 1.60. The first kappa shape index (κ1) is 19.7. The van der Waals surface area contributed by atoms with Gasteiger partial charge in [0.2, 0.25) is 11.8 Å². The molecule has 0 radical (unpaired) electrons. The van der Waals surface area contributed by atoms with Crippen molar-refractivity contribution in [3.63, 3.8) is 0 Å². The number of thioether (sulfide) groups is 1. The normalized spacial score (nSPS) is 15.9. The number of nitriles is 1. The summed E-state index contributed by atoms with van der Waals surface area (Å²) >= 11 is 1.16. The van der Waals surface area contributed by atoms with Crippen LogP contribution in [0.5, 0.6) is 5.75 Å². The second-order valence-electron chi connectivity index (χ2n) is 6.60. The maximum absolute atomic E-state index is 13.0. The molecular weight excluding hydrogens is 398 g/mol. The molecule has 7 heteroatoms. The van der Waals surface area contributed by atoms with Gasteiger partial charge in [0.25, 0.3) is 0 Å². The molecule has 2 aromatic carbocycles. The summed E-state index contributed by atoms with van der Waals surface area (Å²) in [6, 6.07) is 22.0. The smallest absolute Gasteiger partial charge is 0.247 e. The molecule has 0 bridgehead atoms. The minimum Gasteiger partial charge on any atom is -0.497 e. The van der Waals surface area contributed by atoms with Gasteiger partial charge in [-0.25, -0.2) is 9.88 Å². The van der Waals surface area contributed by atoms with Crippen molar-refractivity contribution in [2.75, 3.05) is 12.0 Å². The number of benzene rings is 2.